The van der Waals surface area contributed by atoms with Gasteiger partial charge in [-0.1, -0.05) is 36.9 Å². The summed E-state index contributed by atoms with van der Waals surface area (Å²) in [6.07, 6.45) is 1.81. The average Bonchev–Trinajstić information content (AvgIpc) is 2.34. The van der Waals surface area contributed by atoms with Crippen LogP contribution in [0, 0.1) is 0 Å². The Labute approximate surface area is 96.3 Å². The van der Waals surface area contributed by atoms with Gasteiger partial charge in [-0.2, -0.15) is 0 Å². The van der Waals surface area contributed by atoms with E-state index in [1.165, 1.54) is 0 Å². The van der Waals surface area contributed by atoms with Crippen molar-refractivity contribution in [3.63, 3.8) is 0 Å². The van der Waals surface area contributed by atoms with E-state index in [0.29, 0.717) is 26.4 Å². The molecule has 0 saturated carbocycles. The van der Waals surface area contributed by atoms with Crippen molar-refractivity contribution in [1.82, 2.24) is 0 Å². The highest BCUT2D eigenvalue weighted by Gasteiger charge is 1.93. The number of rotatable bonds is 8. The van der Waals surface area contributed by atoms with Gasteiger partial charge in [0.1, 0.15) is 0 Å². The summed E-state index contributed by atoms with van der Waals surface area (Å²) in [4.78, 5) is 0. The molecule has 0 saturated heterocycles. The monoisotopic (exact) mass is 222 g/mol. The van der Waals surface area contributed by atoms with Crippen molar-refractivity contribution in [3.8, 4) is 0 Å². The summed E-state index contributed by atoms with van der Waals surface area (Å²) >= 11 is 0. The molecular weight excluding hydrogens is 204 g/mol. The average molecular weight is 222 g/mol. The van der Waals surface area contributed by atoms with Gasteiger partial charge in [-0.15, -0.1) is 0 Å². The summed E-state index contributed by atoms with van der Waals surface area (Å²) in [6.45, 7) is 5.77. The van der Waals surface area contributed by atoms with Gasteiger partial charge >= 0.3 is 0 Å². The van der Waals surface area contributed by atoms with Crippen LogP contribution in [-0.4, -0.2) is 31.5 Å². The molecule has 0 radical (unpaired) electrons. The molecule has 0 aliphatic rings. The van der Waals surface area contributed by atoms with Crippen LogP contribution in [0.4, 0.5) is 0 Å². The van der Waals surface area contributed by atoms with E-state index in [1.54, 1.807) is 0 Å². The predicted octanol–water partition coefficient (Wildman–Crippen LogP) is 1.86. The van der Waals surface area contributed by atoms with Crippen LogP contribution >= 0.6 is 0 Å². The molecule has 1 aromatic rings. The standard InChI is InChI=1S/C13H18O3/c1-2-12-3-5-13(6-4-12)11-16-10-9-15-8-7-14/h2-6,14H,1,7-11H2. The highest BCUT2D eigenvalue weighted by atomic mass is 16.5. The second kappa shape index (κ2) is 8.05. The number of hydrogen-bond acceptors (Lipinski definition) is 3. The molecular formula is C13H18O3. The third-order valence-corrected chi connectivity index (χ3v) is 2.09. The van der Waals surface area contributed by atoms with E-state index in [2.05, 4.69) is 6.58 Å². The molecule has 1 rings (SSSR count). The van der Waals surface area contributed by atoms with Crippen LogP contribution in [0.25, 0.3) is 6.08 Å². The molecule has 0 atom stereocenters. The Hall–Kier alpha value is -1.16. The third kappa shape index (κ3) is 5.07. The van der Waals surface area contributed by atoms with Crippen LogP contribution < -0.4 is 0 Å². The molecule has 88 valence electrons. The van der Waals surface area contributed by atoms with E-state index in [-0.39, 0.29) is 6.61 Å². The smallest absolute Gasteiger partial charge is 0.0718 e. The van der Waals surface area contributed by atoms with E-state index < -0.39 is 0 Å². The Morgan fingerprint density at radius 2 is 1.75 bits per heavy atom. The fourth-order valence-electron chi connectivity index (χ4n) is 1.22. The second-order valence-corrected chi connectivity index (χ2v) is 3.33. The Morgan fingerprint density at radius 1 is 1.06 bits per heavy atom. The van der Waals surface area contributed by atoms with Crippen molar-refractivity contribution in [1.29, 1.82) is 0 Å². The van der Waals surface area contributed by atoms with Gasteiger partial charge in [0.25, 0.3) is 0 Å². The summed E-state index contributed by atoms with van der Waals surface area (Å²) in [5, 5.41) is 8.48. The summed E-state index contributed by atoms with van der Waals surface area (Å²) in [7, 11) is 0. The maximum absolute atomic E-state index is 8.48. The number of ether oxygens (including phenoxy) is 2. The Bertz CT molecular complexity index is 293. The van der Waals surface area contributed by atoms with Gasteiger partial charge in [-0.25, -0.2) is 0 Å². The van der Waals surface area contributed by atoms with Crippen LogP contribution in [0.3, 0.4) is 0 Å². The molecule has 3 heteroatoms. The van der Waals surface area contributed by atoms with Crippen molar-refractivity contribution in [2.24, 2.45) is 0 Å². The van der Waals surface area contributed by atoms with Crippen molar-refractivity contribution in [3.05, 3.63) is 42.0 Å². The van der Waals surface area contributed by atoms with Gasteiger partial charge < -0.3 is 14.6 Å². The summed E-state index contributed by atoms with van der Waals surface area (Å²) in [5.41, 5.74) is 2.24. The van der Waals surface area contributed by atoms with E-state index in [9.17, 15) is 0 Å². The van der Waals surface area contributed by atoms with Crippen LogP contribution in [0.1, 0.15) is 11.1 Å². The zero-order valence-corrected chi connectivity index (χ0v) is 9.39. The maximum Gasteiger partial charge on any atom is 0.0718 e. The van der Waals surface area contributed by atoms with Crippen molar-refractivity contribution < 1.29 is 14.6 Å². The zero-order valence-electron chi connectivity index (χ0n) is 9.39. The third-order valence-electron chi connectivity index (χ3n) is 2.09. The van der Waals surface area contributed by atoms with E-state index in [4.69, 9.17) is 14.6 Å². The molecule has 1 N–H and O–H groups in total. The first kappa shape index (κ1) is 12.9. The quantitative estimate of drug-likeness (QED) is 0.682. The minimum Gasteiger partial charge on any atom is -0.394 e. The lowest BCUT2D eigenvalue weighted by Crippen LogP contribution is -2.07. The fraction of sp³-hybridized carbons (Fsp3) is 0.385. The fourth-order valence-corrected chi connectivity index (χ4v) is 1.22. The van der Waals surface area contributed by atoms with E-state index in [0.717, 1.165) is 11.1 Å². The normalized spacial score (nSPS) is 10.3. The summed E-state index contributed by atoms with van der Waals surface area (Å²) < 4.78 is 10.5. The molecule has 0 aliphatic carbocycles. The first-order valence-corrected chi connectivity index (χ1v) is 5.34. The van der Waals surface area contributed by atoms with Gasteiger partial charge in [-0.05, 0) is 11.1 Å². The second-order valence-electron chi connectivity index (χ2n) is 3.33. The topological polar surface area (TPSA) is 38.7 Å². The van der Waals surface area contributed by atoms with Crippen molar-refractivity contribution >= 4 is 6.08 Å². The largest absolute Gasteiger partial charge is 0.394 e. The maximum atomic E-state index is 8.48. The van der Waals surface area contributed by atoms with Gasteiger partial charge in [0.05, 0.1) is 33.0 Å². The Balaban J connectivity index is 2.14. The Kier molecular flexibility index (Phi) is 6.49. The molecule has 0 aliphatic heterocycles. The number of benzene rings is 1. The SMILES string of the molecule is C=Cc1ccc(COCCOCCO)cc1. The minimum atomic E-state index is 0.0585. The van der Waals surface area contributed by atoms with Gasteiger partial charge in [0.2, 0.25) is 0 Å². The zero-order chi connectivity index (χ0) is 11.6. The number of aliphatic hydroxyl groups excluding tert-OH is 1. The highest BCUT2D eigenvalue weighted by Crippen LogP contribution is 2.06. The summed E-state index contributed by atoms with van der Waals surface area (Å²) in [6, 6.07) is 8.05. The van der Waals surface area contributed by atoms with Crippen LogP contribution in [0.2, 0.25) is 0 Å². The number of hydrogen-bond donors (Lipinski definition) is 1. The molecule has 3 nitrogen and oxygen atoms in total. The van der Waals surface area contributed by atoms with Crippen LogP contribution in [-0.2, 0) is 16.1 Å². The minimum absolute atomic E-state index is 0.0585. The molecule has 16 heavy (non-hydrogen) atoms. The van der Waals surface area contributed by atoms with Crippen molar-refractivity contribution in [2.75, 3.05) is 26.4 Å². The molecule has 0 fully saturated rings. The molecule has 0 heterocycles. The molecule has 0 aromatic heterocycles. The van der Waals surface area contributed by atoms with Gasteiger partial charge in [0.15, 0.2) is 0 Å². The lowest BCUT2D eigenvalue weighted by atomic mass is 10.1. The van der Waals surface area contributed by atoms with E-state index in [1.807, 2.05) is 30.3 Å². The lowest BCUT2D eigenvalue weighted by Gasteiger charge is -2.05. The molecule has 0 amide bonds. The molecule has 0 bridgehead atoms. The van der Waals surface area contributed by atoms with Gasteiger partial charge in [0, 0.05) is 0 Å². The molecule has 0 unspecified atom stereocenters. The molecule has 1 aromatic carbocycles. The highest BCUT2D eigenvalue weighted by molar-refractivity contribution is 5.47. The van der Waals surface area contributed by atoms with Crippen LogP contribution in [0.5, 0.6) is 0 Å². The predicted molar refractivity (Wildman–Crippen MR) is 64.1 cm³/mol. The Morgan fingerprint density at radius 3 is 2.38 bits per heavy atom. The van der Waals surface area contributed by atoms with Crippen LogP contribution in [0.15, 0.2) is 30.8 Å². The lowest BCUT2D eigenvalue weighted by molar-refractivity contribution is 0.0274. The number of aliphatic hydroxyl groups is 1. The summed E-state index contributed by atoms with van der Waals surface area (Å²) in [5.74, 6) is 0. The van der Waals surface area contributed by atoms with Crippen molar-refractivity contribution in [2.45, 2.75) is 6.61 Å². The van der Waals surface area contributed by atoms with E-state index >= 15 is 0 Å². The van der Waals surface area contributed by atoms with Gasteiger partial charge in [-0.3, -0.25) is 0 Å². The first-order chi connectivity index (χ1) is 7.86. The molecule has 0 spiro atoms. The first-order valence-electron chi connectivity index (χ1n) is 5.34.